The molecule has 9 heteroatoms. The van der Waals surface area contributed by atoms with Crippen molar-refractivity contribution in [1.82, 2.24) is 10.2 Å². The van der Waals surface area contributed by atoms with Crippen molar-refractivity contribution >= 4 is 46.7 Å². The van der Waals surface area contributed by atoms with E-state index in [0.29, 0.717) is 32.9 Å². The fourth-order valence-corrected chi connectivity index (χ4v) is 3.25. The van der Waals surface area contributed by atoms with E-state index in [1.807, 2.05) is 19.1 Å². The molecular weight excluding hydrogens is 424 g/mol. The third kappa shape index (κ3) is 5.95. The van der Waals surface area contributed by atoms with E-state index in [-0.39, 0.29) is 17.6 Å². The van der Waals surface area contributed by atoms with Crippen LogP contribution in [0.1, 0.15) is 15.9 Å². The number of aryl methyl sites for hydroxylation is 1. The molecule has 0 atom stereocenters. The van der Waals surface area contributed by atoms with Gasteiger partial charge in [-0.25, -0.2) is 0 Å². The van der Waals surface area contributed by atoms with Crippen molar-refractivity contribution in [3.8, 4) is 5.75 Å². The predicted octanol–water partition coefficient (Wildman–Crippen LogP) is 4.43. The summed E-state index contributed by atoms with van der Waals surface area (Å²) in [4.78, 5) is 24.4. The van der Waals surface area contributed by atoms with Crippen LogP contribution in [0.15, 0.2) is 59.6 Å². The van der Waals surface area contributed by atoms with E-state index >= 15 is 0 Å². The zero-order chi connectivity index (χ0) is 21.5. The fourth-order valence-electron chi connectivity index (χ4n) is 2.46. The van der Waals surface area contributed by atoms with E-state index in [2.05, 4.69) is 20.8 Å². The number of hydrogen-bond acceptors (Lipinski definition) is 6. The minimum Gasteiger partial charge on any atom is -0.495 e. The molecule has 1 aromatic heterocycles. The van der Waals surface area contributed by atoms with Gasteiger partial charge in [0.05, 0.1) is 18.6 Å². The summed E-state index contributed by atoms with van der Waals surface area (Å²) in [6, 6.07) is 15.5. The Balaban J connectivity index is 1.53. The molecule has 3 aromatic rings. The molecule has 0 spiro atoms. The lowest BCUT2D eigenvalue weighted by Gasteiger charge is -2.10. The quantitative estimate of drug-likeness (QED) is 0.526. The lowest BCUT2D eigenvalue weighted by atomic mass is 10.1. The van der Waals surface area contributed by atoms with Crippen LogP contribution in [0, 0.1) is 6.92 Å². The Morgan fingerprint density at radius 2 is 1.80 bits per heavy atom. The molecule has 0 unspecified atom stereocenters. The van der Waals surface area contributed by atoms with Gasteiger partial charge in [0.15, 0.2) is 5.82 Å². The molecule has 0 aliphatic rings. The highest BCUT2D eigenvalue weighted by atomic mass is 35.5. The summed E-state index contributed by atoms with van der Waals surface area (Å²) in [6.07, 6.45) is 0. The number of amides is 2. The number of nitrogens with one attached hydrogen (secondary N) is 2. The van der Waals surface area contributed by atoms with Crippen LogP contribution in [-0.2, 0) is 4.79 Å². The molecule has 0 aliphatic heterocycles. The third-order valence-electron chi connectivity index (χ3n) is 3.98. The van der Waals surface area contributed by atoms with Gasteiger partial charge in [0.25, 0.3) is 5.91 Å². The van der Waals surface area contributed by atoms with Crippen molar-refractivity contribution in [3.63, 3.8) is 0 Å². The summed E-state index contributed by atoms with van der Waals surface area (Å²) < 4.78 is 5.21. The Labute approximate surface area is 183 Å². The predicted molar refractivity (Wildman–Crippen MR) is 119 cm³/mol. The molecule has 0 radical (unpaired) electrons. The molecule has 154 valence electrons. The van der Waals surface area contributed by atoms with E-state index in [4.69, 9.17) is 16.3 Å². The average Bonchev–Trinajstić information content (AvgIpc) is 2.74. The van der Waals surface area contributed by atoms with Crippen LogP contribution in [-0.4, -0.2) is 34.9 Å². The smallest absolute Gasteiger partial charge is 0.256 e. The highest BCUT2D eigenvalue weighted by Crippen LogP contribution is 2.28. The molecular formula is C21H19ClN4O3S. The molecule has 0 bridgehead atoms. The Kier molecular flexibility index (Phi) is 7.26. The van der Waals surface area contributed by atoms with Crippen LogP contribution < -0.4 is 15.4 Å². The van der Waals surface area contributed by atoms with Gasteiger partial charge in [-0.15, -0.1) is 10.2 Å². The number of carbonyl (C=O) groups excluding carboxylic acids is 2. The standard InChI is InChI=1S/C21H19ClN4O3S/c1-13-3-5-14(6-4-13)21(28)24-18-9-10-20(26-25-18)30-12-19(27)23-16-11-15(22)7-8-17(16)29-2/h3-11H,12H2,1-2H3,(H,23,27)(H,24,25,28). The van der Waals surface area contributed by atoms with Crippen LogP contribution >= 0.6 is 23.4 Å². The zero-order valence-electron chi connectivity index (χ0n) is 16.3. The van der Waals surface area contributed by atoms with E-state index in [1.54, 1.807) is 42.5 Å². The van der Waals surface area contributed by atoms with Crippen LogP contribution in [0.2, 0.25) is 5.02 Å². The highest BCUT2D eigenvalue weighted by molar-refractivity contribution is 7.99. The first-order chi connectivity index (χ1) is 14.4. The molecule has 30 heavy (non-hydrogen) atoms. The van der Waals surface area contributed by atoms with Crippen molar-refractivity contribution < 1.29 is 14.3 Å². The number of halogens is 1. The van der Waals surface area contributed by atoms with Gasteiger partial charge >= 0.3 is 0 Å². The molecule has 3 rings (SSSR count). The van der Waals surface area contributed by atoms with E-state index < -0.39 is 0 Å². The van der Waals surface area contributed by atoms with E-state index in [0.717, 1.165) is 5.56 Å². The Bertz CT molecular complexity index is 1040. The number of thioether (sulfide) groups is 1. The zero-order valence-corrected chi connectivity index (χ0v) is 17.9. The summed E-state index contributed by atoms with van der Waals surface area (Å²) in [5, 5.41) is 14.5. The number of anilines is 2. The second-order valence-corrected chi connectivity index (χ2v) is 7.69. The molecule has 0 saturated carbocycles. The van der Waals surface area contributed by atoms with Gasteiger partial charge in [-0.3, -0.25) is 9.59 Å². The molecule has 0 aliphatic carbocycles. The van der Waals surface area contributed by atoms with Crippen molar-refractivity contribution in [2.75, 3.05) is 23.5 Å². The van der Waals surface area contributed by atoms with Gasteiger partial charge < -0.3 is 15.4 Å². The van der Waals surface area contributed by atoms with Gasteiger partial charge in [-0.2, -0.15) is 0 Å². The number of benzene rings is 2. The molecule has 2 amide bonds. The Hall–Kier alpha value is -3.10. The second kappa shape index (κ2) is 10.1. The van der Waals surface area contributed by atoms with Gasteiger partial charge in [0.1, 0.15) is 10.8 Å². The lowest BCUT2D eigenvalue weighted by Crippen LogP contribution is -2.15. The molecule has 7 nitrogen and oxygen atoms in total. The fraction of sp³-hybridized carbons (Fsp3) is 0.143. The molecule has 2 aromatic carbocycles. The van der Waals surface area contributed by atoms with Crippen LogP contribution in [0.25, 0.3) is 0 Å². The minimum atomic E-state index is -0.264. The summed E-state index contributed by atoms with van der Waals surface area (Å²) >= 11 is 7.19. The third-order valence-corrected chi connectivity index (χ3v) is 5.14. The lowest BCUT2D eigenvalue weighted by molar-refractivity contribution is -0.113. The first-order valence-electron chi connectivity index (χ1n) is 8.92. The summed E-state index contributed by atoms with van der Waals surface area (Å²) in [5.41, 5.74) is 2.11. The van der Waals surface area contributed by atoms with Gasteiger partial charge in [0, 0.05) is 10.6 Å². The maximum absolute atomic E-state index is 12.2. The monoisotopic (exact) mass is 442 g/mol. The Morgan fingerprint density at radius 1 is 1.03 bits per heavy atom. The molecule has 1 heterocycles. The maximum Gasteiger partial charge on any atom is 0.256 e. The number of ether oxygens (including phenoxy) is 1. The average molecular weight is 443 g/mol. The first-order valence-corrected chi connectivity index (χ1v) is 10.3. The van der Waals surface area contributed by atoms with Gasteiger partial charge in [-0.1, -0.05) is 41.1 Å². The normalized spacial score (nSPS) is 10.4. The number of methoxy groups -OCH3 is 1. The number of aromatic nitrogens is 2. The summed E-state index contributed by atoms with van der Waals surface area (Å²) in [7, 11) is 1.52. The molecule has 0 saturated heterocycles. The maximum atomic E-state index is 12.2. The van der Waals surface area contributed by atoms with E-state index in [9.17, 15) is 9.59 Å². The largest absolute Gasteiger partial charge is 0.495 e. The highest BCUT2D eigenvalue weighted by Gasteiger charge is 2.11. The van der Waals surface area contributed by atoms with Crippen molar-refractivity contribution in [2.24, 2.45) is 0 Å². The minimum absolute atomic E-state index is 0.124. The Morgan fingerprint density at radius 3 is 2.47 bits per heavy atom. The number of rotatable bonds is 7. The first kappa shape index (κ1) is 21.6. The summed E-state index contributed by atoms with van der Waals surface area (Å²) in [6.45, 7) is 1.95. The van der Waals surface area contributed by atoms with Crippen LogP contribution in [0.3, 0.4) is 0 Å². The van der Waals surface area contributed by atoms with Crippen LogP contribution in [0.5, 0.6) is 5.75 Å². The number of nitrogens with zero attached hydrogens (tertiary/aromatic N) is 2. The number of carbonyl (C=O) groups is 2. The molecule has 0 fully saturated rings. The topological polar surface area (TPSA) is 93.2 Å². The summed E-state index contributed by atoms with van der Waals surface area (Å²) in [5.74, 6) is 0.474. The van der Waals surface area contributed by atoms with Crippen molar-refractivity contribution in [3.05, 3.63) is 70.7 Å². The SMILES string of the molecule is COc1ccc(Cl)cc1NC(=O)CSc1ccc(NC(=O)c2ccc(C)cc2)nn1. The van der Waals surface area contributed by atoms with Crippen LogP contribution in [0.4, 0.5) is 11.5 Å². The van der Waals surface area contributed by atoms with Crippen molar-refractivity contribution in [1.29, 1.82) is 0 Å². The number of hydrogen-bond donors (Lipinski definition) is 2. The van der Waals surface area contributed by atoms with Gasteiger partial charge in [-0.05, 0) is 49.4 Å². The van der Waals surface area contributed by atoms with Gasteiger partial charge in [0.2, 0.25) is 5.91 Å². The van der Waals surface area contributed by atoms with E-state index in [1.165, 1.54) is 18.9 Å². The van der Waals surface area contributed by atoms with Crippen molar-refractivity contribution in [2.45, 2.75) is 11.9 Å². The molecule has 2 N–H and O–H groups in total. The second-order valence-electron chi connectivity index (χ2n) is 6.26.